The lowest BCUT2D eigenvalue weighted by Gasteiger charge is -2.22. The van der Waals surface area contributed by atoms with Gasteiger partial charge < -0.3 is 19.4 Å². The second-order valence-corrected chi connectivity index (χ2v) is 10.3. The molecule has 0 amide bonds. The molecule has 0 bridgehead atoms. The number of H-pyrrole nitrogens is 2. The van der Waals surface area contributed by atoms with Gasteiger partial charge in [0.2, 0.25) is 0 Å². The van der Waals surface area contributed by atoms with E-state index in [0.717, 1.165) is 28.1 Å². The lowest BCUT2D eigenvalue weighted by atomic mass is 10.1. The zero-order valence-corrected chi connectivity index (χ0v) is 21.3. The average Bonchev–Trinajstić information content (AvgIpc) is 3.48. The van der Waals surface area contributed by atoms with Crippen LogP contribution in [0.4, 0.5) is 0 Å². The minimum atomic E-state index is -4.60. The maximum Gasteiger partial charge on any atom is 0.403 e. The van der Waals surface area contributed by atoms with Crippen LogP contribution in [0.15, 0.2) is 51.4 Å². The first-order valence-electron chi connectivity index (χ1n) is 11.5. The van der Waals surface area contributed by atoms with Gasteiger partial charge in [0.1, 0.15) is 12.3 Å². The summed E-state index contributed by atoms with van der Waals surface area (Å²) in [6.45, 7) is 1.01. The van der Waals surface area contributed by atoms with E-state index in [9.17, 15) is 23.8 Å². The third-order valence-electron chi connectivity index (χ3n) is 6.18. The molecule has 4 N–H and O–H groups in total. The van der Waals surface area contributed by atoms with Crippen molar-refractivity contribution in [1.82, 2.24) is 19.6 Å². The maximum absolute atomic E-state index is 12.9. The molecule has 0 radical (unpaired) electrons. The molecule has 0 saturated carbocycles. The highest BCUT2D eigenvalue weighted by Gasteiger charge is 2.39. The van der Waals surface area contributed by atoms with Gasteiger partial charge in [-0.15, -0.1) is 0 Å². The molecule has 0 spiro atoms. The molecule has 4 rings (SSSR count). The van der Waals surface area contributed by atoms with Crippen LogP contribution in [0.1, 0.15) is 23.8 Å². The number of aryl methyl sites for hydroxylation is 1. The molecule has 1 unspecified atom stereocenters. The van der Waals surface area contributed by atoms with Crippen LogP contribution >= 0.6 is 7.75 Å². The number of nitrogens with one attached hydrogen (secondary N) is 3. The summed E-state index contributed by atoms with van der Waals surface area (Å²) in [4.78, 5) is 54.8. The van der Waals surface area contributed by atoms with E-state index in [1.807, 2.05) is 24.3 Å². The van der Waals surface area contributed by atoms with Crippen molar-refractivity contribution in [1.29, 1.82) is 0 Å². The predicted octanol–water partition coefficient (Wildman–Crippen LogP) is 1.78. The Balaban J connectivity index is 1.46. The average molecular weight is 547 g/mol. The molecule has 5 atom stereocenters. The number of esters is 1. The first kappa shape index (κ1) is 27.3. The lowest BCUT2D eigenvalue weighted by molar-refractivity contribution is -0.142. The number of carbonyl (C=O) groups excluding carboxylic acids is 1. The van der Waals surface area contributed by atoms with E-state index < -0.39 is 56.0 Å². The monoisotopic (exact) mass is 547 g/mol. The molecular weight excluding hydrogens is 521 g/mol. The summed E-state index contributed by atoms with van der Waals surface area (Å²) in [7, 11) is -3.44. The number of rotatable bonds is 10. The van der Waals surface area contributed by atoms with E-state index in [4.69, 9.17) is 19.5 Å². The molecule has 1 fully saturated rings. The maximum atomic E-state index is 12.9. The fraction of sp³-hybridized carbons (Fsp3) is 0.409. The van der Waals surface area contributed by atoms with Crippen molar-refractivity contribution in [2.24, 2.45) is 5.11 Å². The Morgan fingerprint density at radius 1 is 1.42 bits per heavy atom. The summed E-state index contributed by atoms with van der Waals surface area (Å²) in [6, 6.07) is 5.33. The van der Waals surface area contributed by atoms with Gasteiger partial charge in [-0.05, 0) is 24.1 Å². The van der Waals surface area contributed by atoms with Crippen LogP contribution in [0.3, 0.4) is 0 Å². The molecular formula is C22H26N7O8P. The van der Waals surface area contributed by atoms with Gasteiger partial charge in [-0.3, -0.25) is 23.7 Å². The standard InChI is InChI=1S/C22H26N7O8P/c1-12-10-29(22(32)25-20(12)30)19-8-16(26-28-23)18(37-19)11-36-38(33,34)27-17(21(31)35-2)7-13-9-24-15-6-4-3-5-14(13)15/h3-6,9-10,16-19,24H,7-8,11H2,1-2H3,(H,25,30,32)(H2,27,33,34)/t16-,17+,18+,19+/m0/s1. The number of fused-ring (bicyclic) bond motifs is 1. The van der Waals surface area contributed by atoms with Crippen molar-refractivity contribution in [3.05, 3.63) is 79.1 Å². The Labute approximate surface area is 214 Å². The predicted molar refractivity (Wildman–Crippen MR) is 134 cm³/mol. The molecule has 1 aromatic carbocycles. The number of nitrogens with zero attached hydrogens (tertiary/aromatic N) is 4. The van der Waals surface area contributed by atoms with Crippen molar-refractivity contribution in [2.75, 3.05) is 13.7 Å². The summed E-state index contributed by atoms with van der Waals surface area (Å²) >= 11 is 0. The van der Waals surface area contributed by atoms with Gasteiger partial charge in [0.25, 0.3) is 5.56 Å². The highest BCUT2D eigenvalue weighted by molar-refractivity contribution is 7.50. The van der Waals surface area contributed by atoms with E-state index in [1.54, 1.807) is 6.20 Å². The van der Waals surface area contributed by atoms with Gasteiger partial charge in [0.15, 0.2) is 0 Å². The Bertz CT molecular complexity index is 1540. The SMILES string of the molecule is COC(=O)[C@@H](Cc1c[nH]c2ccccc12)NP(=O)(O)OC[C@H]1O[C@@H](n2cc(C)c(=O)[nH]c2=O)C[C@@H]1N=[N+]=[N-]. The Kier molecular flexibility index (Phi) is 8.17. The van der Waals surface area contributed by atoms with Gasteiger partial charge in [-0.1, -0.05) is 23.3 Å². The largest absolute Gasteiger partial charge is 0.468 e. The number of benzene rings is 1. The number of aromatic nitrogens is 3. The number of carbonyl (C=O) groups is 1. The van der Waals surface area contributed by atoms with Gasteiger partial charge in [-0.25, -0.2) is 14.4 Å². The van der Waals surface area contributed by atoms with Crippen molar-refractivity contribution in [3.63, 3.8) is 0 Å². The molecule has 15 nitrogen and oxygen atoms in total. The number of methoxy groups -OCH3 is 1. The first-order valence-corrected chi connectivity index (χ1v) is 13.1. The Morgan fingerprint density at radius 3 is 2.92 bits per heavy atom. The Hall–Kier alpha value is -3.71. The summed E-state index contributed by atoms with van der Waals surface area (Å²) in [5.41, 5.74) is 9.50. The fourth-order valence-electron chi connectivity index (χ4n) is 4.28. The highest BCUT2D eigenvalue weighted by atomic mass is 31.2. The lowest BCUT2D eigenvalue weighted by Crippen LogP contribution is -2.38. The van der Waals surface area contributed by atoms with Crippen molar-refractivity contribution in [3.8, 4) is 0 Å². The summed E-state index contributed by atoms with van der Waals surface area (Å²) in [5, 5.41) is 6.82. The fourth-order valence-corrected chi connectivity index (χ4v) is 5.29. The minimum Gasteiger partial charge on any atom is -0.468 e. The molecule has 3 aromatic rings. The first-order chi connectivity index (χ1) is 18.1. The normalized spacial score (nSPS) is 21.5. The molecule has 1 aliphatic heterocycles. The molecule has 2 aromatic heterocycles. The zero-order chi connectivity index (χ0) is 27.4. The molecule has 3 heterocycles. The topological polar surface area (TPSA) is 213 Å². The van der Waals surface area contributed by atoms with Gasteiger partial charge in [0, 0.05) is 46.6 Å². The quantitative estimate of drug-likeness (QED) is 0.0955. The van der Waals surface area contributed by atoms with Gasteiger partial charge in [0.05, 0.1) is 25.9 Å². The third-order valence-corrected chi connectivity index (χ3v) is 7.31. The van der Waals surface area contributed by atoms with Crippen molar-refractivity contribution in [2.45, 2.75) is 44.2 Å². The van der Waals surface area contributed by atoms with Crippen LogP contribution in [-0.4, -0.2) is 57.3 Å². The van der Waals surface area contributed by atoms with Crippen LogP contribution in [0, 0.1) is 6.92 Å². The summed E-state index contributed by atoms with van der Waals surface area (Å²) < 4.78 is 29.8. The van der Waals surface area contributed by atoms with E-state index in [2.05, 4.69) is 25.1 Å². The van der Waals surface area contributed by atoms with E-state index in [0.29, 0.717) is 0 Å². The summed E-state index contributed by atoms with van der Waals surface area (Å²) in [6.07, 6.45) is 1.18. The van der Waals surface area contributed by atoms with Crippen LogP contribution < -0.4 is 16.3 Å². The third kappa shape index (κ3) is 6.05. The van der Waals surface area contributed by atoms with Crippen molar-refractivity contribution < 1.29 is 28.3 Å². The number of ether oxygens (including phenoxy) is 2. The second-order valence-electron chi connectivity index (χ2n) is 8.70. The number of azide groups is 1. The van der Waals surface area contributed by atoms with Crippen LogP contribution in [0.5, 0.6) is 0 Å². The molecule has 16 heteroatoms. The molecule has 38 heavy (non-hydrogen) atoms. The van der Waals surface area contributed by atoms with E-state index >= 15 is 0 Å². The number of hydrogen-bond acceptors (Lipinski definition) is 8. The smallest absolute Gasteiger partial charge is 0.403 e. The Morgan fingerprint density at radius 2 is 2.18 bits per heavy atom. The van der Waals surface area contributed by atoms with E-state index in [-0.39, 0.29) is 18.4 Å². The van der Waals surface area contributed by atoms with Crippen LogP contribution in [-0.2, 0) is 29.8 Å². The van der Waals surface area contributed by atoms with Gasteiger partial charge >= 0.3 is 19.4 Å². The zero-order valence-electron chi connectivity index (χ0n) is 20.4. The second kappa shape index (κ2) is 11.4. The number of para-hydroxylation sites is 1. The summed E-state index contributed by atoms with van der Waals surface area (Å²) in [5.74, 6) is -0.773. The van der Waals surface area contributed by atoms with E-state index in [1.165, 1.54) is 13.1 Å². The molecule has 0 aliphatic carbocycles. The van der Waals surface area contributed by atoms with Crippen LogP contribution in [0.25, 0.3) is 21.3 Å². The minimum absolute atomic E-state index is 0.0302. The van der Waals surface area contributed by atoms with Crippen LogP contribution in [0.2, 0.25) is 0 Å². The van der Waals surface area contributed by atoms with Crippen molar-refractivity contribution >= 4 is 24.6 Å². The molecule has 1 saturated heterocycles. The van der Waals surface area contributed by atoms with Gasteiger partial charge in [-0.2, -0.15) is 0 Å². The molecule has 1 aliphatic rings. The number of hydrogen-bond donors (Lipinski definition) is 4. The number of aromatic amines is 2. The highest BCUT2D eigenvalue weighted by Crippen LogP contribution is 2.40. The molecule has 202 valence electrons.